The Kier molecular flexibility index (Phi) is 1.95. The van der Waals surface area contributed by atoms with Gasteiger partial charge in [-0.3, -0.25) is 0 Å². The third-order valence-electron chi connectivity index (χ3n) is 1.38. The van der Waals surface area contributed by atoms with E-state index in [-0.39, 0.29) is 0 Å². The Bertz CT molecular complexity index is 50.0. The molecule has 0 amide bonds. The molecule has 0 bridgehead atoms. The van der Waals surface area contributed by atoms with Crippen LogP contribution in [0.3, 0.4) is 0 Å². The first-order valence-corrected chi connectivity index (χ1v) is 3.23. The van der Waals surface area contributed by atoms with Crippen LogP contribution in [0.4, 0.5) is 0 Å². The Labute approximate surface area is 49.0 Å². The lowest BCUT2D eigenvalue weighted by Crippen LogP contribution is -2.09. The fourth-order valence-corrected chi connectivity index (χ4v) is 1.11. The van der Waals surface area contributed by atoms with Crippen molar-refractivity contribution in [3.63, 3.8) is 0 Å². The van der Waals surface area contributed by atoms with Crippen molar-refractivity contribution in [3.05, 3.63) is 0 Å². The van der Waals surface area contributed by atoms with Crippen molar-refractivity contribution in [1.29, 1.82) is 0 Å². The normalized spacial score (nSPS) is 31.3. The van der Waals surface area contributed by atoms with Crippen LogP contribution < -0.4 is 5.32 Å². The van der Waals surface area contributed by atoms with Crippen molar-refractivity contribution in [2.24, 2.45) is 5.92 Å². The smallest absolute Gasteiger partial charge is 0.0264 e. The van der Waals surface area contributed by atoms with Crippen LogP contribution in [-0.4, -0.2) is 19.0 Å². The quantitative estimate of drug-likeness (QED) is 0.505. The minimum absolute atomic E-state index is 0.752. The molecule has 0 unspecified atom stereocenters. The molecule has 1 N–H and O–H groups in total. The summed E-state index contributed by atoms with van der Waals surface area (Å²) in [5.41, 5.74) is 0. The molecule has 1 rings (SSSR count). The van der Waals surface area contributed by atoms with E-state index < -0.39 is 0 Å². The van der Waals surface area contributed by atoms with Gasteiger partial charge in [-0.15, -0.1) is 11.6 Å². The van der Waals surface area contributed by atoms with Crippen LogP contribution in [0, 0.1) is 5.92 Å². The first-order valence-electron chi connectivity index (χ1n) is 2.70. The molecule has 0 saturated carbocycles. The highest BCUT2D eigenvalue weighted by Gasteiger charge is 2.11. The molecule has 1 fully saturated rings. The lowest BCUT2D eigenvalue weighted by atomic mass is 10.2. The lowest BCUT2D eigenvalue weighted by molar-refractivity contribution is 0.658. The third-order valence-corrected chi connectivity index (χ3v) is 1.82. The Hall–Kier alpha value is 0.250. The number of halogens is 1. The van der Waals surface area contributed by atoms with Crippen molar-refractivity contribution >= 4 is 11.6 Å². The van der Waals surface area contributed by atoms with E-state index in [1.54, 1.807) is 0 Å². The van der Waals surface area contributed by atoms with Gasteiger partial charge >= 0.3 is 0 Å². The summed E-state index contributed by atoms with van der Waals surface area (Å²) in [5, 5.41) is 3.24. The maximum atomic E-state index is 5.57. The van der Waals surface area contributed by atoms with Gasteiger partial charge in [0.1, 0.15) is 0 Å². The summed E-state index contributed by atoms with van der Waals surface area (Å²) in [6, 6.07) is 0. The molecule has 1 nitrogen and oxygen atoms in total. The summed E-state index contributed by atoms with van der Waals surface area (Å²) < 4.78 is 0. The zero-order valence-electron chi connectivity index (χ0n) is 4.28. The Morgan fingerprint density at radius 2 is 2.57 bits per heavy atom. The molecule has 2 heteroatoms. The van der Waals surface area contributed by atoms with Crippen LogP contribution in [0.15, 0.2) is 0 Å². The summed E-state index contributed by atoms with van der Waals surface area (Å²) >= 11 is 5.57. The van der Waals surface area contributed by atoms with Crippen molar-refractivity contribution < 1.29 is 0 Å². The molecule has 1 aliphatic heterocycles. The molecular formula is C5H10ClN. The van der Waals surface area contributed by atoms with E-state index in [9.17, 15) is 0 Å². The summed E-state index contributed by atoms with van der Waals surface area (Å²) in [7, 11) is 0. The summed E-state index contributed by atoms with van der Waals surface area (Å²) in [4.78, 5) is 0. The number of rotatable bonds is 1. The third kappa shape index (κ3) is 1.32. The predicted octanol–water partition coefficient (Wildman–Crippen LogP) is 0.835. The highest BCUT2D eigenvalue weighted by atomic mass is 35.5. The molecule has 1 aliphatic rings. The van der Waals surface area contributed by atoms with Gasteiger partial charge in [0, 0.05) is 5.88 Å². The van der Waals surface area contributed by atoms with E-state index in [0.717, 1.165) is 24.9 Å². The van der Waals surface area contributed by atoms with Gasteiger partial charge in [0.25, 0.3) is 0 Å². The fourth-order valence-electron chi connectivity index (χ4n) is 0.846. The van der Waals surface area contributed by atoms with E-state index in [4.69, 9.17) is 11.6 Å². The number of nitrogens with one attached hydrogen (secondary N) is 1. The zero-order valence-corrected chi connectivity index (χ0v) is 5.04. The van der Waals surface area contributed by atoms with E-state index >= 15 is 0 Å². The number of hydrogen-bond acceptors (Lipinski definition) is 1. The van der Waals surface area contributed by atoms with Gasteiger partial charge in [-0.1, -0.05) is 0 Å². The Morgan fingerprint density at radius 1 is 1.71 bits per heavy atom. The molecule has 1 atom stereocenters. The van der Waals surface area contributed by atoms with Crippen molar-refractivity contribution in [3.8, 4) is 0 Å². The standard InChI is InChI=1S/C5H10ClN/c6-3-5-1-2-7-4-5/h5,7H,1-4H2/t5-/m0/s1. The van der Waals surface area contributed by atoms with Crippen LogP contribution in [0.25, 0.3) is 0 Å². The number of hydrogen-bond donors (Lipinski definition) is 1. The van der Waals surface area contributed by atoms with Crippen molar-refractivity contribution in [1.82, 2.24) is 5.32 Å². The van der Waals surface area contributed by atoms with E-state index in [1.807, 2.05) is 0 Å². The van der Waals surface area contributed by atoms with Crippen LogP contribution in [-0.2, 0) is 0 Å². The molecule has 7 heavy (non-hydrogen) atoms. The summed E-state index contributed by atoms with van der Waals surface area (Å²) in [6.45, 7) is 2.29. The highest BCUT2D eigenvalue weighted by molar-refractivity contribution is 6.18. The Balaban J connectivity index is 2.14. The lowest BCUT2D eigenvalue weighted by Gasteiger charge is -1.97. The summed E-state index contributed by atoms with van der Waals surface area (Å²) in [6.07, 6.45) is 1.27. The minimum atomic E-state index is 0.752. The van der Waals surface area contributed by atoms with Gasteiger partial charge in [-0.05, 0) is 25.4 Å². The van der Waals surface area contributed by atoms with E-state index in [2.05, 4.69) is 5.32 Å². The topological polar surface area (TPSA) is 12.0 Å². The minimum Gasteiger partial charge on any atom is -0.316 e. The van der Waals surface area contributed by atoms with E-state index in [1.165, 1.54) is 6.42 Å². The molecule has 0 aliphatic carbocycles. The van der Waals surface area contributed by atoms with Gasteiger partial charge in [0.2, 0.25) is 0 Å². The fraction of sp³-hybridized carbons (Fsp3) is 1.00. The first-order chi connectivity index (χ1) is 3.43. The monoisotopic (exact) mass is 119 g/mol. The van der Waals surface area contributed by atoms with Gasteiger partial charge < -0.3 is 5.32 Å². The highest BCUT2D eigenvalue weighted by Crippen LogP contribution is 2.07. The predicted molar refractivity (Wildman–Crippen MR) is 31.7 cm³/mol. The van der Waals surface area contributed by atoms with Gasteiger partial charge in [-0.2, -0.15) is 0 Å². The summed E-state index contributed by atoms with van der Waals surface area (Å²) in [5.74, 6) is 1.58. The average Bonchev–Trinajstić information content (AvgIpc) is 2.14. The molecule has 1 saturated heterocycles. The molecule has 0 aromatic heterocycles. The molecule has 0 radical (unpaired) electrons. The zero-order chi connectivity index (χ0) is 5.11. The van der Waals surface area contributed by atoms with Crippen molar-refractivity contribution in [2.45, 2.75) is 6.42 Å². The molecule has 0 spiro atoms. The van der Waals surface area contributed by atoms with Gasteiger partial charge in [0.05, 0.1) is 0 Å². The maximum absolute atomic E-state index is 5.57. The molecule has 0 aromatic rings. The first kappa shape index (κ1) is 5.39. The van der Waals surface area contributed by atoms with Gasteiger partial charge in [0.15, 0.2) is 0 Å². The average molecular weight is 120 g/mol. The van der Waals surface area contributed by atoms with Crippen molar-refractivity contribution in [2.75, 3.05) is 19.0 Å². The second-order valence-corrected chi connectivity index (χ2v) is 2.32. The molecular weight excluding hydrogens is 110 g/mol. The second-order valence-electron chi connectivity index (χ2n) is 2.01. The largest absolute Gasteiger partial charge is 0.316 e. The van der Waals surface area contributed by atoms with Crippen LogP contribution in [0.1, 0.15) is 6.42 Å². The number of alkyl halides is 1. The van der Waals surface area contributed by atoms with E-state index in [0.29, 0.717) is 0 Å². The van der Waals surface area contributed by atoms with Crippen LogP contribution >= 0.6 is 11.6 Å². The maximum Gasteiger partial charge on any atom is 0.0264 e. The van der Waals surface area contributed by atoms with Gasteiger partial charge in [-0.25, -0.2) is 0 Å². The molecule has 1 heterocycles. The van der Waals surface area contributed by atoms with Crippen LogP contribution in [0.5, 0.6) is 0 Å². The Morgan fingerprint density at radius 3 is 2.86 bits per heavy atom. The SMILES string of the molecule is ClC[C@@H]1CCNC1. The molecule has 42 valence electrons. The second kappa shape index (κ2) is 2.53. The molecule has 0 aromatic carbocycles. The van der Waals surface area contributed by atoms with Crippen LogP contribution in [0.2, 0.25) is 0 Å².